The van der Waals surface area contributed by atoms with Crippen LogP contribution in [0.25, 0.3) is 43.9 Å². The van der Waals surface area contributed by atoms with Gasteiger partial charge in [-0.15, -0.1) is 0 Å². The van der Waals surface area contributed by atoms with Crippen LogP contribution in [0, 0.1) is 19.8 Å². The number of benzene rings is 3. The van der Waals surface area contributed by atoms with Crippen LogP contribution in [0.4, 0.5) is 13.2 Å². The number of halogens is 3. The van der Waals surface area contributed by atoms with Crippen molar-refractivity contribution in [1.29, 1.82) is 0 Å². The highest BCUT2D eigenvalue weighted by Crippen LogP contribution is 2.50. The molecule has 194 valence electrons. The molecule has 6 rings (SSSR count). The maximum Gasteiger partial charge on any atom is 0.389 e. The highest BCUT2D eigenvalue weighted by atomic mass is 19.4. The first-order valence-electron chi connectivity index (χ1n) is 13.6. The molecule has 0 N–H and O–H groups in total. The van der Waals surface area contributed by atoms with Crippen molar-refractivity contribution in [1.82, 2.24) is 0 Å². The van der Waals surface area contributed by atoms with E-state index in [0.717, 1.165) is 78.2 Å². The molecule has 5 heteroatoms. The average Bonchev–Trinajstić information content (AvgIpc) is 3.38. The molecular weight excluding hydrogens is 483 g/mol. The van der Waals surface area contributed by atoms with Crippen molar-refractivity contribution in [2.45, 2.75) is 53.1 Å². The number of hydrogen-bond acceptors (Lipinski definition) is 1. The summed E-state index contributed by atoms with van der Waals surface area (Å²) in [4.78, 5) is 0. The first kappa shape index (κ1) is 23.5. The Morgan fingerprint density at radius 3 is 2.53 bits per heavy atom. The molecule has 3 aromatic carbocycles. The predicted molar refractivity (Wildman–Crippen MR) is 148 cm³/mol. The third-order valence-corrected chi connectivity index (χ3v) is 7.83. The van der Waals surface area contributed by atoms with E-state index in [0.29, 0.717) is 17.7 Å². The molecule has 0 fully saturated rings. The van der Waals surface area contributed by atoms with Crippen molar-refractivity contribution in [3.8, 4) is 0 Å². The van der Waals surface area contributed by atoms with E-state index in [-0.39, 0.29) is 6.42 Å². The lowest BCUT2D eigenvalue weighted by Gasteiger charge is -2.15. The van der Waals surface area contributed by atoms with Crippen LogP contribution >= 0.6 is 0 Å². The molecule has 0 amide bonds. The van der Waals surface area contributed by atoms with Crippen LogP contribution in [0.15, 0.2) is 59.1 Å². The summed E-state index contributed by atoms with van der Waals surface area (Å²) in [5, 5.41) is 3.91. The van der Waals surface area contributed by atoms with E-state index in [2.05, 4.69) is 39.8 Å². The summed E-state index contributed by atoms with van der Waals surface area (Å²) in [6.45, 7) is 8.54. The van der Waals surface area contributed by atoms with E-state index in [1.54, 1.807) is 6.07 Å². The number of furan rings is 1. The number of aromatic nitrogens is 1. The van der Waals surface area contributed by atoms with Crippen molar-refractivity contribution in [2.75, 3.05) is 0 Å². The number of allylic oxidation sites excluding steroid dienone is 1. The summed E-state index contributed by atoms with van der Waals surface area (Å²) in [5.74, 6) is 0.315. The first-order chi connectivity index (χ1) is 18.4. The Morgan fingerprint density at radius 1 is 1.03 bits per heavy atom. The van der Waals surface area contributed by atoms with Gasteiger partial charge in [0, 0.05) is 28.8 Å². The van der Waals surface area contributed by atoms with Crippen LogP contribution in [0.2, 0.25) is 0 Å². The van der Waals surface area contributed by atoms with Gasteiger partial charge in [-0.3, -0.25) is 0 Å². The zero-order valence-electron chi connectivity index (χ0n) is 23.3. The molecule has 2 nitrogen and oxygen atoms in total. The molecule has 2 aromatic heterocycles. The summed E-state index contributed by atoms with van der Waals surface area (Å²) in [7, 11) is 1.90. The van der Waals surface area contributed by atoms with Crippen LogP contribution < -0.4 is 4.57 Å². The van der Waals surface area contributed by atoms with Gasteiger partial charge in [0.1, 0.15) is 19.6 Å². The Labute approximate surface area is 221 Å². The number of para-hydroxylation sites is 1. The zero-order valence-corrected chi connectivity index (χ0v) is 22.3. The lowest BCUT2D eigenvalue weighted by molar-refractivity contribution is -0.672. The van der Waals surface area contributed by atoms with Crippen molar-refractivity contribution < 1.29 is 23.5 Å². The highest BCUT2D eigenvalue weighted by Gasteiger charge is 2.36. The Bertz CT molecular complexity index is 1840. The minimum Gasteiger partial charge on any atom is -0.455 e. The number of alkyl halides is 3. The fraction of sp³-hybridized carbons (Fsp3) is 0.303. The summed E-state index contributed by atoms with van der Waals surface area (Å²) in [5.41, 5.74) is 9.57. The summed E-state index contributed by atoms with van der Waals surface area (Å²) in [6, 6.07) is 15.8. The molecule has 0 aliphatic heterocycles. The molecule has 0 bridgehead atoms. The van der Waals surface area contributed by atoms with Gasteiger partial charge < -0.3 is 4.42 Å². The minimum absolute atomic E-state index is 0.0856. The quantitative estimate of drug-likeness (QED) is 0.214. The molecule has 0 saturated heterocycles. The maximum atomic E-state index is 13.2. The lowest BCUT2D eigenvalue weighted by atomic mass is 9.88. The monoisotopic (exact) mass is 515 g/mol. The van der Waals surface area contributed by atoms with Crippen molar-refractivity contribution in [3.05, 3.63) is 88.2 Å². The first-order valence-corrected chi connectivity index (χ1v) is 13.1. The Kier molecular flexibility index (Phi) is 5.40. The fourth-order valence-corrected chi connectivity index (χ4v) is 6.02. The van der Waals surface area contributed by atoms with E-state index in [1.165, 1.54) is 0 Å². The van der Waals surface area contributed by atoms with E-state index in [4.69, 9.17) is 5.79 Å². The van der Waals surface area contributed by atoms with Crippen molar-refractivity contribution >= 4 is 43.9 Å². The Balaban J connectivity index is 1.73. The molecule has 1 aliphatic carbocycles. The normalized spacial score (nSPS) is 14.1. The number of nitrogens with zero attached hydrogens (tertiary/aromatic N) is 1. The molecule has 38 heavy (non-hydrogen) atoms. The SMILES string of the molecule is [2H]c1cc2cc(CCC(F)(F)F)cc3c2c([n+]1C)C(c1c(C)c(C)cc2c1oc1ccccc12)=C3CC(C)C. The van der Waals surface area contributed by atoms with Gasteiger partial charge in [-0.2, -0.15) is 13.2 Å². The highest BCUT2D eigenvalue weighted by molar-refractivity contribution is 6.20. The van der Waals surface area contributed by atoms with E-state index in [9.17, 15) is 13.2 Å². The average molecular weight is 516 g/mol. The topological polar surface area (TPSA) is 17.0 Å². The second-order valence-corrected chi connectivity index (χ2v) is 11.0. The number of pyridine rings is 1. The fourth-order valence-electron chi connectivity index (χ4n) is 6.02. The van der Waals surface area contributed by atoms with Crippen molar-refractivity contribution in [3.63, 3.8) is 0 Å². The van der Waals surface area contributed by atoms with Gasteiger partial charge in [0.25, 0.3) is 0 Å². The molecule has 0 saturated carbocycles. The molecular formula is C33H31F3NO+. The minimum atomic E-state index is -4.22. The van der Waals surface area contributed by atoms with Crippen LogP contribution in [0.1, 0.15) is 61.6 Å². The Hall–Kier alpha value is -3.60. The van der Waals surface area contributed by atoms with E-state index < -0.39 is 12.6 Å². The molecule has 0 radical (unpaired) electrons. The van der Waals surface area contributed by atoms with E-state index >= 15 is 0 Å². The number of fused-ring (bicyclic) bond motifs is 3. The molecule has 0 unspecified atom stereocenters. The van der Waals surface area contributed by atoms with Gasteiger partial charge in [0.05, 0.1) is 11.0 Å². The number of rotatable bonds is 5. The largest absolute Gasteiger partial charge is 0.455 e. The molecule has 1 aliphatic rings. The third kappa shape index (κ3) is 3.91. The summed E-state index contributed by atoms with van der Waals surface area (Å²) < 4.78 is 56.7. The molecule has 0 spiro atoms. The smallest absolute Gasteiger partial charge is 0.389 e. The van der Waals surface area contributed by atoms with Crippen LogP contribution in [-0.4, -0.2) is 6.18 Å². The van der Waals surface area contributed by atoms with Gasteiger partial charge in [0.2, 0.25) is 5.69 Å². The third-order valence-electron chi connectivity index (χ3n) is 7.83. The van der Waals surface area contributed by atoms with Crippen LogP contribution in [-0.2, 0) is 13.5 Å². The second-order valence-electron chi connectivity index (χ2n) is 11.0. The second kappa shape index (κ2) is 8.72. The maximum absolute atomic E-state index is 13.2. The van der Waals surface area contributed by atoms with Gasteiger partial charge in [-0.1, -0.05) is 44.2 Å². The van der Waals surface area contributed by atoms with Gasteiger partial charge in [0.15, 0.2) is 6.17 Å². The number of aryl methyl sites for hydroxylation is 2. The molecule has 2 heterocycles. The van der Waals surface area contributed by atoms with Gasteiger partial charge >= 0.3 is 6.18 Å². The van der Waals surface area contributed by atoms with Crippen LogP contribution in [0.3, 0.4) is 0 Å². The van der Waals surface area contributed by atoms with Gasteiger partial charge in [-0.25, -0.2) is 4.57 Å². The van der Waals surface area contributed by atoms with E-state index in [1.807, 2.05) is 41.9 Å². The standard InChI is InChI=1S/C33H31F3NO/c1-18(2)14-24-25-17-21(10-12-33(34,35)36)16-22-11-13-37(5)31(29(22)25)30(24)28-20(4)19(3)15-26-23-8-6-7-9-27(23)38-32(26)28/h6-9,11,13,15-18H,10,12,14H2,1-5H3/q+1/i13D. The Morgan fingerprint density at radius 2 is 1.79 bits per heavy atom. The summed E-state index contributed by atoms with van der Waals surface area (Å²) in [6.07, 6.45) is -4.11. The predicted octanol–water partition coefficient (Wildman–Crippen LogP) is 8.99. The number of hydrogen-bond donors (Lipinski definition) is 0. The summed E-state index contributed by atoms with van der Waals surface area (Å²) >= 11 is 0. The lowest BCUT2D eigenvalue weighted by Crippen LogP contribution is -2.32. The van der Waals surface area contributed by atoms with Gasteiger partial charge in [-0.05, 0) is 78.0 Å². The molecule has 0 atom stereocenters. The molecule has 5 aromatic rings. The van der Waals surface area contributed by atoms with Crippen LogP contribution in [0.5, 0.6) is 0 Å². The zero-order chi connectivity index (χ0) is 27.8. The van der Waals surface area contributed by atoms with Crippen molar-refractivity contribution in [2.24, 2.45) is 13.0 Å².